The van der Waals surface area contributed by atoms with Gasteiger partial charge in [-0.3, -0.25) is 9.59 Å². The van der Waals surface area contributed by atoms with E-state index >= 15 is 0 Å². The highest BCUT2D eigenvalue weighted by Gasteiger charge is 2.32. The maximum atomic E-state index is 12.8. The summed E-state index contributed by atoms with van der Waals surface area (Å²) in [5.74, 6) is -2.86. The molecule has 1 amide bonds. The Labute approximate surface area is 148 Å². The third-order valence-electron chi connectivity index (χ3n) is 4.32. The van der Waals surface area contributed by atoms with Crippen molar-refractivity contribution in [3.63, 3.8) is 0 Å². The molecular weight excluding hydrogens is 330 g/mol. The molecule has 0 radical (unpaired) electrons. The number of ketones is 1. The van der Waals surface area contributed by atoms with Gasteiger partial charge in [-0.15, -0.1) is 0 Å². The maximum absolute atomic E-state index is 12.8. The molecule has 2 aromatic rings. The molecule has 1 N–H and O–H groups in total. The molecule has 1 atom stereocenters. The van der Waals surface area contributed by atoms with E-state index in [-0.39, 0.29) is 5.69 Å². The number of nitrogens with one attached hydrogen (secondary N) is 1. The SMILES string of the molecule is N#CC(C(=O)Nc1ccccc1)C(=O)c1noc2c1=C1CC=CC=C1C=2. The van der Waals surface area contributed by atoms with Crippen LogP contribution in [0.2, 0.25) is 0 Å². The summed E-state index contributed by atoms with van der Waals surface area (Å²) in [5, 5.41) is 16.4. The van der Waals surface area contributed by atoms with E-state index in [1.165, 1.54) is 0 Å². The van der Waals surface area contributed by atoms with E-state index in [4.69, 9.17) is 4.52 Å². The highest BCUT2D eigenvalue weighted by Crippen LogP contribution is 2.23. The van der Waals surface area contributed by atoms with Gasteiger partial charge >= 0.3 is 0 Å². The van der Waals surface area contributed by atoms with Gasteiger partial charge in [-0.2, -0.15) is 5.26 Å². The van der Waals surface area contributed by atoms with Gasteiger partial charge in [-0.1, -0.05) is 41.6 Å². The fourth-order valence-electron chi connectivity index (χ4n) is 3.07. The number of amides is 1. The van der Waals surface area contributed by atoms with Crippen LogP contribution in [0.5, 0.6) is 0 Å². The van der Waals surface area contributed by atoms with Gasteiger partial charge < -0.3 is 9.84 Å². The molecular formula is C20H13N3O3. The summed E-state index contributed by atoms with van der Waals surface area (Å²) < 4.78 is 5.26. The van der Waals surface area contributed by atoms with E-state index in [2.05, 4.69) is 10.5 Å². The van der Waals surface area contributed by atoms with Gasteiger partial charge in [0.2, 0.25) is 11.7 Å². The Bertz CT molecular complexity index is 1130. The molecule has 1 aromatic heterocycles. The van der Waals surface area contributed by atoms with Gasteiger partial charge in [0, 0.05) is 5.69 Å². The molecule has 0 spiro atoms. The van der Waals surface area contributed by atoms with Crippen LogP contribution in [0.25, 0.3) is 11.6 Å². The first-order valence-corrected chi connectivity index (χ1v) is 8.06. The molecule has 2 aliphatic rings. The number of anilines is 1. The summed E-state index contributed by atoms with van der Waals surface area (Å²) in [5.41, 5.74) is 2.91. The van der Waals surface area contributed by atoms with Gasteiger partial charge in [-0.05, 0) is 35.8 Å². The zero-order valence-corrected chi connectivity index (χ0v) is 13.6. The van der Waals surface area contributed by atoms with Crippen molar-refractivity contribution in [2.75, 3.05) is 5.32 Å². The number of nitrogens with zero attached hydrogens (tertiary/aromatic N) is 2. The summed E-state index contributed by atoms with van der Waals surface area (Å²) in [6.45, 7) is 0. The molecule has 0 saturated carbocycles. The van der Waals surface area contributed by atoms with Crippen molar-refractivity contribution in [2.45, 2.75) is 6.42 Å². The van der Waals surface area contributed by atoms with Crippen molar-refractivity contribution in [1.29, 1.82) is 5.26 Å². The topological polar surface area (TPSA) is 96.0 Å². The highest BCUT2D eigenvalue weighted by atomic mass is 16.5. The van der Waals surface area contributed by atoms with Crippen LogP contribution in [0.1, 0.15) is 16.9 Å². The summed E-state index contributed by atoms with van der Waals surface area (Å²) in [4.78, 5) is 25.2. The second kappa shape index (κ2) is 6.30. The first kappa shape index (κ1) is 15.8. The number of carbonyl (C=O) groups is 2. The lowest BCUT2D eigenvalue weighted by Gasteiger charge is -2.09. The summed E-state index contributed by atoms with van der Waals surface area (Å²) in [7, 11) is 0. The first-order valence-electron chi connectivity index (χ1n) is 8.06. The molecule has 1 aromatic carbocycles. The third kappa shape index (κ3) is 2.56. The average Bonchev–Trinajstić information content (AvgIpc) is 3.22. The zero-order valence-electron chi connectivity index (χ0n) is 13.6. The van der Waals surface area contributed by atoms with Crippen molar-refractivity contribution in [3.05, 3.63) is 70.5 Å². The molecule has 6 nitrogen and oxygen atoms in total. The van der Waals surface area contributed by atoms with Crippen LogP contribution in [0.3, 0.4) is 0 Å². The Hall–Kier alpha value is -3.72. The van der Waals surface area contributed by atoms with Crippen LogP contribution >= 0.6 is 0 Å². The lowest BCUT2D eigenvalue weighted by molar-refractivity contribution is -0.117. The molecule has 6 heteroatoms. The minimum Gasteiger partial charge on any atom is -0.356 e. The molecule has 0 saturated heterocycles. The van der Waals surface area contributed by atoms with E-state index in [1.807, 2.05) is 24.3 Å². The number of allylic oxidation sites excluding steroid dienone is 4. The molecule has 0 bridgehead atoms. The first-order chi connectivity index (χ1) is 12.7. The number of benzene rings is 1. The summed E-state index contributed by atoms with van der Waals surface area (Å²) in [6, 6.07) is 10.4. The number of rotatable bonds is 4. The number of para-hydroxylation sites is 1. The Morgan fingerprint density at radius 1 is 1.27 bits per heavy atom. The molecule has 0 aliphatic heterocycles. The monoisotopic (exact) mass is 343 g/mol. The van der Waals surface area contributed by atoms with Crippen LogP contribution < -0.4 is 16.0 Å². The van der Waals surface area contributed by atoms with E-state index < -0.39 is 17.6 Å². The molecule has 126 valence electrons. The van der Waals surface area contributed by atoms with Crippen molar-refractivity contribution in [3.8, 4) is 6.07 Å². The third-order valence-corrected chi connectivity index (χ3v) is 4.32. The molecule has 4 rings (SSSR count). The molecule has 26 heavy (non-hydrogen) atoms. The number of hydrogen-bond donors (Lipinski definition) is 1. The van der Waals surface area contributed by atoms with Crippen molar-refractivity contribution in [1.82, 2.24) is 5.16 Å². The van der Waals surface area contributed by atoms with Crippen LogP contribution in [0.4, 0.5) is 5.69 Å². The lowest BCUT2D eigenvalue weighted by atomic mass is 9.96. The summed E-state index contributed by atoms with van der Waals surface area (Å²) in [6.07, 6.45) is 8.27. The molecule has 2 aliphatic carbocycles. The van der Waals surface area contributed by atoms with E-state index in [9.17, 15) is 14.9 Å². The van der Waals surface area contributed by atoms with E-state index in [0.717, 1.165) is 11.1 Å². The van der Waals surface area contributed by atoms with Crippen LogP contribution in [-0.4, -0.2) is 16.8 Å². The van der Waals surface area contributed by atoms with Crippen molar-refractivity contribution < 1.29 is 14.1 Å². The zero-order chi connectivity index (χ0) is 18.1. The molecule has 1 unspecified atom stereocenters. The van der Waals surface area contributed by atoms with Gasteiger partial charge in [-0.25, -0.2) is 0 Å². The number of hydrogen-bond acceptors (Lipinski definition) is 5. The standard InChI is InChI=1S/C20H13N3O3/c21-11-15(20(25)22-13-7-2-1-3-8-13)19(24)18-17-14-9-5-4-6-12(14)10-16(17)26-23-18/h1-8,10,15H,9H2,(H,22,25). The van der Waals surface area contributed by atoms with E-state index in [0.29, 0.717) is 22.7 Å². The Kier molecular flexibility index (Phi) is 3.82. The minimum absolute atomic E-state index is 0.0275. The number of Topliss-reactive ketones (excluding diaryl/α,β-unsaturated/α-hetero) is 1. The number of aromatic nitrogens is 1. The van der Waals surface area contributed by atoms with Crippen molar-refractivity contribution >= 4 is 29.0 Å². The van der Waals surface area contributed by atoms with Gasteiger partial charge in [0.25, 0.3) is 0 Å². The summed E-state index contributed by atoms with van der Waals surface area (Å²) >= 11 is 0. The second-order valence-corrected chi connectivity index (χ2v) is 5.93. The molecule has 1 heterocycles. The lowest BCUT2D eigenvalue weighted by Crippen LogP contribution is -2.33. The minimum atomic E-state index is -1.50. The van der Waals surface area contributed by atoms with E-state index in [1.54, 1.807) is 36.4 Å². The number of fused-ring (bicyclic) bond motifs is 2. The van der Waals surface area contributed by atoms with Gasteiger partial charge in [0.05, 0.1) is 11.3 Å². The number of nitriles is 1. The Morgan fingerprint density at radius 2 is 2.08 bits per heavy atom. The maximum Gasteiger partial charge on any atom is 0.249 e. The molecule has 0 fully saturated rings. The normalized spacial score (nSPS) is 15.2. The Balaban J connectivity index is 1.68. The fourth-order valence-corrected chi connectivity index (χ4v) is 3.07. The fraction of sp³-hybridized carbons (Fsp3) is 0.100. The largest absolute Gasteiger partial charge is 0.356 e. The Morgan fingerprint density at radius 3 is 2.85 bits per heavy atom. The van der Waals surface area contributed by atoms with Gasteiger partial charge in [0.15, 0.2) is 17.0 Å². The smallest absolute Gasteiger partial charge is 0.249 e. The number of carbonyl (C=O) groups excluding carboxylic acids is 2. The van der Waals surface area contributed by atoms with Crippen LogP contribution in [-0.2, 0) is 4.79 Å². The predicted octanol–water partition coefficient (Wildman–Crippen LogP) is 1.47. The van der Waals surface area contributed by atoms with Crippen LogP contribution in [0, 0.1) is 17.2 Å². The quantitative estimate of drug-likeness (QED) is 0.670. The van der Waals surface area contributed by atoms with Gasteiger partial charge in [0.1, 0.15) is 0 Å². The van der Waals surface area contributed by atoms with Crippen molar-refractivity contribution in [2.24, 2.45) is 5.92 Å². The van der Waals surface area contributed by atoms with Crippen LogP contribution in [0.15, 0.2) is 58.7 Å². The average molecular weight is 343 g/mol. The predicted molar refractivity (Wildman–Crippen MR) is 94.0 cm³/mol. The highest BCUT2D eigenvalue weighted by molar-refractivity contribution is 6.15. The second-order valence-electron chi connectivity index (χ2n) is 5.93.